The Balaban J connectivity index is 2.89. The second-order valence-electron chi connectivity index (χ2n) is 5.08. The summed E-state index contributed by atoms with van der Waals surface area (Å²) in [6, 6.07) is 9.42. The van der Waals surface area contributed by atoms with Gasteiger partial charge in [0.15, 0.2) is 0 Å². The molecule has 0 radical (unpaired) electrons. The van der Waals surface area contributed by atoms with Gasteiger partial charge in [-0.25, -0.2) is 0 Å². The Bertz CT molecular complexity index is 328. The van der Waals surface area contributed by atoms with Crippen LogP contribution in [0.25, 0.3) is 0 Å². The lowest BCUT2D eigenvalue weighted by Crippen LogP contribution is -2.24. The minimum absolute atomic E-state index is 0.524. The lowest BCUT2D eigenvalue weighted by atomic mass is 9.88. The van der Waals surface area contributed by atoms with Gasteiger partial charge in [-0.3, -0.25) is 0 Å². The first-order valence-electron chi connectivity index (χ1n) is 7.57. The van der Waals surface area contributed by atoms with E-state index in [1.54, 1.807) is 0 Å². The Kier molecular flexibility index (Phi) is 7.04. The molecule has 1 aromatic rings. The van der Waals surface area contributed by atoms with Crippen molar-refractivity contribution in [1.29, 1.82) is 0 Å². The van der Waals surface area contributed by atoms with Gasteiger partial charge in [0.1, 0.15) is 0 Å². The number of hydrogen-bond donors (Lipinski definition) is 1. The minimum Gasteiger partial charge on any atom is -0.310 e. The lowest BCUT2D eigenvalue weighted by Gasteiger charge is -2.25. The van der Waals surface area contributed by atoms with Crippen molar-refractivity contribution in [2.45, 2.75) is 59.4 Å². The molecule has 0 saturated heterocycles. The molecule has 18 heavy (non-hydrogen) atoms. The molecule has 1 unspecified atom stereocenters. The largest absolute Gasteiger partial charge is 0.310 e. The van der Waals surface area contributed by atoms with E-state index in [0.717, 1.165) is 18.9 Å². The van der Waals surface area contributed by atoms with Crippen LogP contribution in [-0.2, 0) is 6.42 Å². The molecule has 0 spiro atoms. The van der Waals surface area contributed by atoms with Crippen molar-refractivity contribution in [1.82, 2.24) is 5.32 Å². The highest BCUT2D eigenvalue weighted by Crippen LogP contribution is 2.27. The van der Waals surface area contributed by atoms with Crippen molar-refractivity contribution in [2.24, 2.45) is 5.92 Å². The summed E-state index contributed by atoms with van der Waals surface area (Å²) >= 11 is 0. The van der Waals surface area contributed by atoms with Gasteiger partial charge in [-0.2, -0.15) is 0 Å². The predicted molar refractivity (Wildman–Crippen MR) is 80.9 cm³/mol. The lowest BCUT2D eigenvalue weighted by molar-refractivity contribution is 0.374. The predicted octanol–water partition coefficient (Wildman–Crippen LogP) is 4.73. The van der Waals surface area contributed by atoms with E-state index in [-0.39, 0.29) is 0 Å². The molecule has 0 bridgehead atoms. The second-order valence-corrected chi connectivity index (χ2v) is 5.08. The summed E-state index contributed by atoms with van der Waals surface area (Å²) in [6.45, 7) is 10.1. The van der Waals surface area contributed by atoms with Crippen LogP contribution in [0.4, 0.5) is 0 Å². The van der Waals surface area contributed by atoms with E-state index in [1.165, 1.54) is 30.4 Å². The van der Waals surface area contributed by atoms with Crippen LogP contribution in [0.5, 0.6) is 0 Å². The van der Waals surface area contributed by atoms with Gasteiger partial charge < -0.3 is 5.32 Å². The Morgan fingerprint density at radius 3 is 2.22 bits per heavy atom. The second kappa shape index (κ2) is 8.31. The fourth-order valence-corrected chi connectivity index (χ4v) is 2.72. The van der Waals surface area contributed by atoms with Gasteiger partial charge in [0.05, 0.1) is 0 Å². The van der Waals surface area contributed by atoms with E-state index < -0.39 is 0 Å². The third-order valence-electron chi connectivity index (χ3n) is 3.99. The standard InChI is InChI=1S/C17H29N/c1-5-14(6-2)13-17(18-8-4)16-12-10-9-11-15(16)7-3/h9-12,14,17-18H,5-8,13H2,1-4H3. The van der Waals surface area contributed by atoms with Gasteiger partial charge in [-0.15, -0.1) is 0 Å². The van der Waals surface area contributed by atoms with Crippen molar-refractivity contribution >= 4 is 0 Å². The van der Waals surface area contributed by atoms with E-state index >= 15 is 0 Å². The number of benzene rings is 1. The highest BCUT2D eigenvalue weighted by molar-refractivity contribution is 5.30. The molecule has 1 heteroatoms. The molecule has 102 valence electrons. The SMILES string of the molecule is CCNC(CC(CC)CC)c1ccccc1CC. The highest BCUT2D eigenvalue weighted by Gasteiger charge is 2.17. The maximum Gasteiger partial charge on any atom is 0.0325 e. The molecule has 1 N–H and O–H groups in total. The molecule has 0 aliphatic heterocycles. The molecule has 0 heterocycles. The molecule has 0 aromatic heterocycles. The zero-order valence-corrected chi connectivity index (χ0v) is 12.5. The first-order valence-corrected chi connectivity index (χ1v) is 7.57. The average Bonchev–Trinajstić information content (AvgIpc) is 2.43. The van der Waals surface area contributed by atoms with E-state index in [0.29, 0.717) is 6.04 Å². The van der Waals surface area contributed by atoms with Crippen LogP contribution in [0.15, 0.2) is 24.3 Å². The molecular weight excluding hydrogens is 218 g/mol. The van der Waals surface area contributed by atoms with E-state index in [2.05, 4.69) is 57.3 Å². The third-order valence-corrected chi connectivity index (χ3v) is 3.99. The van der Waals surface area contributed by atoms with Crippen LogP contribution < -0.4 is 5.32 Å². The summed E-state index contributed by atoms with van der Waals surface area (Å²) in [5.41, 5.74) is 3.00. The minimum atomic E-state index is 0.524. The molecule has 0 amide bonds. The number of hydrogen-bond acceptors (Lipinski definition) is 1. The normalized spacial score (nSPS) is 12.9. The number of rotatable bonds is 8. The maximum atomic E-state index is 3.67. The van der Waals surface area contributed by atoms with E-state index in [9.17, 15) is 0 Å². The molecule has 1 aromatic carbocycles. The summed E-state index contributed by atoms with van der Waals surface area (Å²) < 4.78 is 0. The Labute approximate surface area is 113 Å². The molecule has 0 fully saturated rings. The smallest absolute Gasteiger partial charge is 0.0325 e. The van der Waals surface area contributed by atoms with E-state index in [4.69, 9.17) is 0 Å². The third kappa shape index (κ3) is 4.13. The maximum absolute atomic E-state index is 3.67. The van der Waals surface area contributed by atoms with Gasteiger partial charge in [-0.05, 0) is 36.4 Å². The summed E-state index contributed by atoms with van der Waals surface area (Å²) in [7, 11) is 0. The van der Waals surface area contributed by atoms with Crippen LogP contribution in [0.3, 0.4) is 0 Å². The van der Waals surface area contributed by atoms with Crippen molar-refractivity contribution < 1.29 is 0 Å². The molecule has 0 saturated carbocycles. The fraction of sp³-hybridized carbons (Fsp3) is 0.647. The van der Waals surface area contributed by atoms with Crippen molar-refractivity contribution in [3.8, 4) is 0 Å². The van der Waals surface area contributed by atoms with Crippen molar-refractivity contribution in [3.63, 3.8) is 0 Å². The van der Waals surface area contributed by atoms with E-state index in [1.807, 2.05) is 0 Å². The fourth-order valence-electron chi connectivity index (χ4n) is 2.72. The van der Waals surface area contributed by atoms with Crippen LogP contribution in [0, 0.1) is 5.92 Å². The summed E-state index contributed by atoms with van der Waals surface area (Å²) in [5.74, 6) is 0.832. The number of aryl methyl sites for hydroxylation is 1. The molecular formula is C17H29N. The Morgan fingerprint density at radius 1 is 1.00 bits per heavy atom. The molecule has 1 rings (SSSR count). The first kappa shape index (κ1) is 15.2. The summed E-state index contributed by atoms with van der Waals surface area (Å²) in [4.78, 5) is 0. The summed E-state index contributed by atoms with van der Waals surface area (Å²) in [5, 5.41) is 3.67. The zero-order chi connectivity index (χ0) is 13.4. The molecule has 0 aliphatic carbocycles. The van der Waals surface area contributed by atoms with Crippen molar-refractivity contribution in [2.75, 3.05) is 6.54 Å². The highest BCUT2D eigenvalue weighted by atomic mass is 14.9. The molecule has 0 aliphatic rings. The number of nitrogens with one attached hydrogen (secondary N) is 1. The van der Waals surface area contributed by atoms with Crippen LogP contribution in [0.1, 0.15) is 64.1 Å². The van der Waals surface area contributed by atoms with Gasteiger partial charge in [0.2, 0.25) is 0 Å². The quantitative estimate of drug-likeness (QED) is 0.700. The van der Waals surface area contributed by atoms with Gasteiger partial charge in [0.25, 0.3) is 0 Å². The Morgan fingerprint density at radius 2 is 1.67 bits per heavy atom. The van der Waals surface area contributed by atoms with Crippen molar-refractivity contribution in [3.05, 3.63) is 35.4 Å². The molecule has 1 nitrogen and oxygen atoms in total. The van der Waals surface area contributed by atoms with Crippen LogP contribution >= 0.6 is 0 Å². The van der Waals surface area contributed by atoms with Gasteiger partial charge in [0, 0.05) is 6.04 Å². The van der Waals surface area contributed by atoms with Crippen LogP contribution in [-0.4, -0.2) is 6.54 Å². The summed E-state index contributed by atoms with van der Waals surface area (Å²) in [6.07, 6.45) is 4.96. The monoisotopic (exact) mass is 247 g/mol. The molecule has 1 atom stereocenters. The average molecular weight is 247 g/mol. The van der Waals surface area contributed by atoms with Gasteiger partial charge >= 0.3 is 0 Å². The Hall–Kier alpha value is -0.820. The van der Waals surface area contributed by atoms with Crippen LogP contribution in [0.2, 0.25) is 0 Å². The first-order chi connectivity index (χ1) is 8.76. The topological polar surface area (TPSA) is 12.0 Å². The van der Waals surface area contributed by atoms with Gasteiger partial charge in [-0.1, -0.05) is 64.8 Å². The zero-order valence-electron chi connectivity index (χ0n) is 12.5.